The van der Waals surface area contributed by atoms with Crippen molar-refractivity contribution in [2.45, 2.75) is 39.3 Å². The number of benzene rings is 1. The Hall–Kier alpha value is -0.570. The second-order valence-corrected chi connectivity index (χ2v) is 5.20. The SMILES string of the molecule is CCNCC(CC)N(C)C(C)c1cccc(Cl)c1. The largest absolute Gasteiger partial charge is 0.315 e. The highest BCUT2D eigenvalue weighted by Gasteiger charge is 2.19. The first-order valence-electron chi connectivity index (χ1n) is 6.78. The van der Waals surface area contributed by atoms with Gasteiger partial charge < -0.3 is 5.32 Å². The minimum atomic E-state index is 0.382. The molecule has 1 rings (SSSR count). The monoisotopic (exact) mass is 268 g/mol. The lowest BCUT2D eigenvalue weighted by Crippen LogP contribution is -2.40. The van der Waals surface area contributed by atoms with E-state index in [1.54, 1.807) is 0 Å². The van der Waals surface area contributed by atoms with E-state index >= 15 is 0 Å². The lowest BCUT2D eigenvalue weighted by atomic mass is 10.0. The molecule has 1 N–H and O–H groups in total. The Balaban J connectivity index is 2.72. The third kappa shape index (κ3) is 4.27. The molecule has 0 aromatic heterocycles. The molecule has 0 radical (unpaired) electrons. The number of hydrogen-bond acceptors (Lipinski definition) is 2. The molecule has 0 amide bonds. The van der Waals surface area contributed by atoms with Crippen molar-refractivity contribution in [2.24, 2.45) is 0 Å². The molecule has 1 aromatic carbocycles. The van der Waals surface area contributed by atoms with E-state index in [1.165, 1.54) is 5.56 Å². The zero-order valence-corrected chi connectivity index (χ0v) is 12.7. The quantitative estimate of drug-likeness (QED) is 0.811. The predicted molar refractivity (Wildman–Crippen MR) is 80.3 cm³/mol. The van der Waals surface area contributed by atoms with Gasteiger partial charge in [0.05, 0.1) is 0 Å². The summed E-state index contributed by atoms with van der Waals surface area (Å²) < 4.78 is 0. The number of nitrogens with one attached hydrogen (secondary N) is 1. The van der Waals surface area contributed by atoms with Crippen molar-refractivity contribution in [2.75, 3.05) is 20.1 Å². The Labute approximate surface area is 116 Å². The molecule has 0 saturated heterocycles. The molecule has 0 aliphatic carbocycles. The zero-order chi connectivity index (χ0) is 13.5. The van der Waals surface area contributed by atoms with Crippen molar-refractivity contribution >= 4 is 11.6 Å². The highest BCUT2D eigenvalue weighted by molar-refractivity contribution is 6.30. The van der Waals surface area contributed by atoms with E-state index in [-0.39, 0.29) is 0 Å². The average Bonchev–Trinajstić information content (AvgIpc) is 2.38. The van der Waals surface area contributed by atoms with Gasteiger partial charge in [-0.2, -0.15) is 0 Å². The summed E-state index contributed by atoms with van der Waals surface area (Å²) in [4.78, 5) is 2.42. The molecule has 0 heterocycles. The summed E-state index contributed by atoms with van der Waals surface area (Å²) in [5.41, 5.74) is 1.28. The van der Waals surface area contributed by atoms with Crippen molar-refractivity contribution in [1.82, 2.24) is 10.2 Å². The van der Waals surface area contributed by atoms with Crippen LogP contribution in [0.2, 0.25) is 5.02 Å². The van der Waals surface area contributed by atoms with Gasteiger partial charge in [0.2, 0.25) is 0 Å². The van der Waals surface area contributed by atoms with Gasteiger partial charge in [0.15, 0.2) is 0 Å². The van der Waals surface area contributed by atoms with Gasteiger partial charge in [-0.1, -0.05) is 37.6 Å². The van der Waals surface area contributed by atoms with Crippen LogP contribution >= 0.6 is 11.6 Å². The van der Waals surface area contributed by atoms with Gasteiger partial charge in [0.25, 0.3) is 0 Å². The first kappa shape index (κ1) is 15.5. The molecule has 0 aliphatic rings. The van der Waals surface area contributed by atoms with Crippen molar-refractivity contribution in [3.05, 3.63) is 34.9 Å². The standard InChI is InChI=1S/C15H25ClN2/c1-5-15(11-17-6-2)18(4)12(3)13-8-7-9-14(16)10-13/h7-10,12,15,17H,5-6,11H2,1-4H3. The molecule has 2 nitrogen and oxygen atoms in total. The molecule has 102 valence electrons. The van der Waals surface area contributed by atoms with Crippen LogP contribution < -0.4 is 5.32 Å². The summed E-state index contributed by atoms with van der Waals surface area (Å²) in [6.07, 6.45) is 1.15. The van der Waals surface area contributed by atoms with Crippen molar-refractivity contribution in [3.63, 3.8) is 0 Å². The maximum atomic E-state index is 6.06. The molecule has 18 heavy (non-hydrogen) atoms. The van der Waals surface area contributed by atoms with Crippen LogP contribution in [0.5, 0.6) is 0 Å². The fourth-order valence-corrected chi connectivity index (χ4v) is 2.40. The van der Waals surface area contributed by atoms with Gasteiger partial charge in [-0.3, -0.25) is 4.90 Å². The molecule has 2 atom stereocenters. The summed E-state index contributed by atoms with van der Waals surface area (Å²) in [6, 6.07) is 9.09. The van der Waals surface area contributed by atoms with E-state index in [0.29, 0.717) is 12.1 Å². The summed E-state index contributed by atoms with van der Waals surface area (Å²) in [5.74, 6) is 0. The van der Waals surface area contributed by atoms with Crippen LogP contribution in [0.25, 0.3) is 0 Å². The molecule has 0 spiro atoms. The molecular weight excluding hydrogens is 244 g/mol. The van der Waals surface area contributed by atoms with Gasteiger partial charge >= 0.3 is 0 Å². The first-order chi connectivity index (χ1) is 8.60. The van der Waals surface area contributed by atoms with E-state index < -0.39 is 0 Å². The predicted octanol–water partition coefficient (Wildman–Crippen LogP) is 3.72. The molecule has 2 unspecified atom stereocenters. The average molecular weight is 269 g/mol. The number of halogens is 1. The second-order valence-electron chi connectivity index (χ2n) is 4.77. The van der Waals surface area contributed by atoms with Crippen molar-refractivity contribution < 1.29 is 0 Å². The van der Waals surface area contributed by atoms with E-state index in [9.17, 15) is 0 Å². The summed E-state index contributed by atoms with van der Waals surface area (Å²) in [7, 11) is 2.19. The molecular formula is C15H25ClN2. The Bertz CT molecular complexity index is 354. The van der Waals surface area contributed by atoms with E-state index in [1.807, 2.05) is 12.1 Å². The number of hydrogen-bond donors (Lipinski definition) is 1. The topological polar surface area (TPSA) is 15.3 Å². The van der Waals surface area contributed by atoms with Crippen molar-refractivity contribution in [3.8, 4) is 0 Å². The second kappa shape index (κ2) is 7.78. The summed E-state index contributed by atoms with van der Waals surface area (Å²) in [6.45, 7) is 8.68. The number of rotatable bonds is 7. The maximum absolute atomic E-state index is 6.06. The third-order valence-corrected chi connectivity index (χ3v) is 3.85. The van der Waals surface area contributed by atoms with Gasteiger partial charge in [-0.05, 0) is 44.6 Å². The van der Waals surface area contributed by atoms with Crippen LogP contribution in [-0.4, -0.2) is 31.1 Å². The van der Waals surface area contributed by atoms with Crippen LogP contribution in [0, 0.1) is 0 Å². The molecule has 1 aromatic rings. The smallest absolute Gasteiger partial charge is 0.0409 e. The normalized spacial score (nSPS) is 14.8. The Kier molecular flexibility index (Phi) is 6.69. The van der Waals surface area contributed by atoms with E-state index in [0.717, 1.165) is 24.5 Å². The fraction of sp³-hybridized carbons (Fsp3) is 0.600. The van der Waals surface area contributed by atoms with Crippen LogP contribution in [0.15, 0.2) is 24.3 Å². The molecule has 0 bridgehead atoms. The molecule has 3 heteroatoms. The van der Waals surface area contributed by atoms with E-state index in [4.69, 9.17) is 11.6 Å². The Morgan fingerprint density at radius 1 is 1.33 bits per heavy atom. The molecule has 0 fully saturated rings. The minimum absolute atomic E-state index is 0.382. The Morgan fingerprint density at radius 2 is 2.06 bits per heavy atom. The van der Waals surface area contributed by atoms with Gasteiger partial charge in [0.1, 0.15) is 0 Å². The summed E-state index contributed by atoms with van der Waals surface area (Å²) >= 11 is 6.06. The van der Waals surface area contributed by atoms with Crippen LogP contribution in [0.1, 0.15) is 38.8 Å². The molecule has 0 saturated carbocycles. The van der Waals surface area contributed by atoms with Gasteiger partial charge in [-0.15, -0.1) is 0 Å². The maximum Gasteiger partial charge on any atom is 0.0409 e. The fourth-order valence-electron chi connectivity index (χ4n) is 2.21. The first-order valence-corrected chi connectivity index (χ1v) is 7.16. The lowest BCUT2D eigenvalue weighted by Gasteiger charge is -2.33. The van der Waals surface area contributed by atoms with Crippen molar-refractivity contribution in [1.29, 1.82) is 0 Å². The lowest BCUT2D eigenvalue weighted by molar-refractivity contribution is 0.176. The van der Waals surface area contributed by atoms with Crippen LogP contribution in [-0.2, 0) is 0 Å². The van der Waals surface area contributed by atoms with Crippen LogP contribution in [0.3, 0.4) is 0 Å². The minimum Gasteiger partial charge on any atom is -0.315 e. The highest BCUT2D eigenvalue weighted by Crippen LogP contribution is 2.24. The van der Waals surface area contributed by atoms with Gasteiger partial charge in [-0.25, -0.2) is 0 Å². The Morgan fingerprint density at radius 3 is 2.61 bits per heavy atom. The number of likely N-dealkylation sites (N-methyl/N-ethyl adjacent to an activating group) is 2. The zero-order valence-electron chi connectivity index (χ0n) is 11.9. The van der Waals surface area contributed by atoms with E-state index in [2.05, 4.69) is 50.2 Å². The van der Waals surface area contributed by atoms with Gasteiger partial charge in [0, 0.05) is 23.7 Å². The number of nitrogens with zero attached hydrogens (tertiary/aromatic N) is 1. The summed E-state index contributed by atoms with van der Waals surface area (Å²) in [5, 5.41) is 4.24. The van der Waals surface area contributed by atoms with Crippen LogP contribution in [0.4, 0.5) is 0 Å². The highest BCUT2D eigenvalue weighted by atomic mass is 35.5. The third-order valence-electron chi connectivity index (χ3n) is 3.62. The molecule has 0 aliphatic heterocycles.